The molecule has 0 spiro atoms. The number of nitrogens with two attached hydrogens (primary N) is 1. The second-order valence-electron chi connectivity index (χ2n) is 8.36. The smallest absolute Gasteiger partial charge is 0.251 e. The molecule has 0 saturated carbocycles. The number of thiophene rings is 1. The molecule has 0 bridgehead atoms. The van der Waals surface area contributed by atoms with Crippen LogP contribution in [-0.4, -0.2) is 16.9 Å². The first-order valence-corrected chi connectivity index (χ1v) is 12.4. The number of carbonyl (C=O) groups excluding carboxylic acids is 2. The summed E-state index contributed by atoms with van der Waals surface area (Å²) in [6, 6.07) is 9.26. The van der Waals surface area contributed by atoms with E-state index in [1.54, 1.807) is 12.1 Å². The van der Waals surface area contributed by atoms with Gasteiger partial charge < -0.3 is 15.5 Å². The number of primary amides is 1. The predicted molar refractivity (Wildman–Crippen MR) is 141 cm³/mol. The van der Waals surface area contributed by atoms with E-state index in [1.165, 1.54) is 17.4 Å². The Balaban J connectivity index is 1.39. The molecule has 1 aliphatic rings. The average Bonchev–Trinajstić information content (AvgIpc) is 3.38. The molecule has 1 aliphatic carbocycles. The largest absolute Gasteiger partial charge is 0.457 e. The normalized spacial score (nSPS) is 15.2. The second kappa shape index (κ2) is 10.1. The molecule has 0 saturated heterocycles. The van der Waals surface area contributed by atoms with Gasteiger partial charge in [0, 0.05) is 21.5 Å². The van der Waals surface area contributed by atoms with Crippen LogP contribution in [0, 0.1) is 12.8 Å². The maximum Gasteiger partial charge on any atom is 0.251 e. The molecule has 176 valence electrons. The summed E-state index contributed by atoms with van der Waals surface area (Å²) in [7, 11) is 0. The molecule has 2 heterocycles. The van der Waals surface area contributed by atoms with Gasteiger partial charge in [0.05, 0.1) is 5.56 Å². The summed E-state index contributed by atoms with van der Waals surface area (Å²) in [5.74, 6) is 0.795. The molecule has 0 radical (unpaired) electrons. The van der Waals surface area contributed by atoms with Gasteiger partial charge in [0.1, 0.15) is 16.5 Å². The number of rotatable bonds is 5. The first-order chi connectivity index (χ1) is 16.2. The number of thiocarbonyl (C=S) groups is 1. The van der Waals surface area contributed by atoms with Crippen molar-refractivity contribution in [3.05, 3.63) is 68.8 Å². The van der Waals surface area contributed by atoms with Gasteiger partial charge in [-0.05, 0) is 79.7 Å². The van der Waals surface area contributed by atoms with Gasteiger partial charge in [-0.15, -0.1) is 11.3 Å². The van der Waals surface area contributed by atoms with E-state index < -0.39 is 11.8 Å². The maximum atomic E-state index is 12.4. The van der Waals surface area contributed by atoms with Crippen LogP contribution in [0.3, 0.4) is 0 Å². The number of fused-ring (bicyclic) bond motifs is 1. The zero-order chi connectivity index (χ0) is 24.4. The number of nitrogens with one attached hydrogen (secondary N) is 2. The zero-order valence-electron chi connectivity index (χ0n) is 18.7. The monoisotopic (exact) mass is 513 g/mol. The summed E-state index contributed by atoms with van der Waals surface area (Å²) in [6.07, 6.45) is 5.62. The van der Waals surface area contributed by atoms with Crippen LogP contribution in [-0.2, 0) is 17.6 Å². The molecule has 4 N–H and O–H groups in total. The van der Waals surface area contributed by atoms with E-state index in [2.05, 4.69) is 17.6 Å². The first kappa shape index (κ1) is 24.2. The first-order valence-electron chi connectivity index (χ1n) is 10.8. The molecule has 0 fully saturated rings. The Hall–Kier alpha value is -2.94. The number of aryl methyl sites for hydroxylation is 1. The second-order valence-corrected chi connectivity index (χ2v) is 10.3. The van der Waals surface area contributed by atoms with Crippen molar-refractivity contribution in [1.82, 2.24) is 5.32 Å². The van der Waals surface area contributed by atoms with Crippen LogP contribution in [0.1, 0.15) is 45.5 Å². The van der Waals surface area contributed by atoms with Crippen molar-refractivity contribution >= 4 is 63.2 Å². The van der Waals surface area contributed by atoms with Crippen LogP contribution in [0.15, 0.2) is 40.8 Å². The Labute approximate surface area is 212 Å². The van der Waals surface area contributed by atoms with Crippen molar-refractivity contribution in [3.63, 3.8) is 0 Å². The van der Waals surface area contributed by atoms with E-state index in [9.17, 15) is 9.59 Å². The van der Waals surface area contributed by atoms with Crippen molar-refractivity contribution in [2.45, 2.75) is 33.1 Å². The zero-order valence-corrected chi connectivity index (χ0v) is 21.1. The van der Waals surface area contributed by atoms with Gasteiger partial charge >= 0.3 is 0 Å². The summed E-state index contributed by atoms with van der Waals surface area (Å²) in [4.78, 5) is 25.6. The lowest BCUT2D eigenvalue weighted by atomic mass is 9.88. The minimum Gasteiger partial charge on any atom is -0.457 e. The van der Waals surface area contributed by atoms with Crippen LogP contribution >= 0.6 is 35.2 Å². The number of anilines is 1. The number of furan rings is 1. The number of carbonyl (C=O) groups is 2. The maximum absolute atomic E-state index is 12.4. The molecular weight excluding hydrogens is 490 g/mol. The van der Waals surface area contributed by atoms with Crippen molar-refractivity contribution in [1.29, 1.82) is 0 Å². The molecule has 2 amide bonds. The molecular formula is C25H24ClN3O3S2. The Morgan fingerprint density at radius 2 is 2.09 bits per heavy atom. The summed E-state index contributed by atoms with van der Waals surface area (Å²) in [6.45, 7) is 4.12. The van der Waals surface area contributed by atoms with Gasteiger partial charge in [0.25, 0.3) is 5.91 Å². The van der Waals surface area contributed by atoms with Crippen LogP contribution in [0.4, 0.5) is 5.00 Å². The highest BCUT2D eigenvalue weighted by Crippen LogP contribution is 2.39. The summed E-state index contributed by atoms with van der Waals surface area (Å²) >= 11 is 12.9. The van der Waals surface area contributed by atoms with Gasteiger partial charge in [0.2, 0.25) is 5.91 Å². The molecule has 34 heavy (non-hydrogen) atoms. The third-order valence-corrected chi connectivity index (χ3v) is 7.49. The Kier molecular flexibility index (Phi) is 7.21. The van der Waals surface area contributed by atoms with Gasteiger partial charge in [-0.25, -0.2) is 0 Å². The van der Waals surface area contributed by atoms with Crippen molar-refractivity contribution < 1.29 is 14.0 Å². The Morgan fingerprint density at radius 1 is 1.29 bits per heavy atom. The quantitative estimate of drug-likeness (QED) is 0.299. The highest BCUT2D eigenvalue weighted by molar-refractivity contribution is 7.80. The summed E-state index contributed by atoms with van der Waals surface area (Å²) in [5, 5.41) is 6.90. The molecule has 4 rings (SSSR count). The fourth-order valence-corrected chi connectivity index (χ4v) is 5.76. The number of hydrogen-bond acceptors (Lipinski definition) is 5. The highest BCUT2D eigenvalue weighted by Gasteiger charge is 2.26. The molecule has 1 atom stereocenters. The van der Waals surface area contributed by atoms with E-state index in [1.807, 2.05) is 31.2 Å². The fourth-order valence-electron chi connectivity index (χ4n) is 3.89. The fraction of sp³-hybridized carbons (Fsp3) is 0.240. The third kappa shape index (κ3) is 5.41. The molecule has 6 nitrogen and oxygen atoms in total. The van der Waals surface area contributed by atoms with Crippen LogP contribution in [0.5, 0.6) is 0 Å². The average molecular weight is 514 g/mol. The Bertz CT molecular complexity index is 1310. The van der Waals surface area contributed by atoms with Gasteiger partial charge in [-0.3, -0.25) is 14.9 Å². The molecule has 1 aromatic carbocycles. The van der Waals surface area contributed by atoms with Crippen molar-refractivity contribution in [3.8, 4) is 11.3 Å². The van der Waals surface area contributed by atoms with E-state index in [4.69, 9.17) is 34.0 Å². The molecule has 2 aromatic heterocycles. The number of halogens is 1. The molecule has 3 aromatic rings. The predicted octanol–water partition coefficient (Wildman–Crippen LogP) is 5.72. The minimum atomic E-state index is -0.493. The SMILES string of the molecule is Cc1ccc(-c2ccc(/C=C/C(=O)NC(=S)Nc3sc4c(c3C(N)=O)CC[C@@H](C)C4)o2)cc1Cl. The lowest BCUT2D eigenvalue weighted by Crippen LogP contribution is -2.33. The molecule has 0 aliphatic heterocycles. The van der Waals surface area contributed by atoms with Gasteiger partial charge in [0.15, 0.2) is 5.11 Å². The van der Waals surface area contributed by atoms with E-state index >= 15 is 0 Å². The van der Waals surface area contributed by atoms with Gasteiger partial charge in [-0.1, -0.05) is 30.7 Å². The lowest BCUT2D eigenvalue weighted by molar-refractivity contribution is -0.115. The van der Waals surface area contributed by atoms with Crippen molar-refractivity contribution in [2.24, 2.45) is 11.7 Å². The van der Waals surface area contributed by atoms with Gasteiger partial charge in [-0.2, -0.15) is 0 Å². The highest BCUT2D eigenvalue weighted by atomic mass is 35.5. The van der Waals surface area contributed by atoms with E-state index in [-0.39, 0.29) is 5.11 Å². The Morgan fingerprint density at radius 3 is 2.82 bits per heavy atom. The van der Waals surface area contributed by atoms with Crippen LogP contribution in [0.25, 0.3) is 17.4 Å². The van der Waals surface area contributed by atoms with Crippen molar-refractivity contribution in [2.75, 3.05) is 5.32 Å². The van der Waals surface area contributed by atoms with Crippen LogP contribution < -0.4 is 16.4 Å². The summed E-state index contributed by atoms with van der Waals surface area (Å²) in [5.41, 5.74) is 8.94. The third-order valence-electron chi connectivity index (χ3n) is 5.70. The van der Waals surface area contributed by atoms with Crippen LogP contribution in [0.2, 0.25) is 5.02 Å². The van der Waals surface area contributed by atoms with E-state index in [0.717, 1.165) is 40.8 Å². The standard InChI is InChI=1S/C25H24ClN3O3S2/c1-13-3-8-17-20(11-13)34-24(22(17)23(27)31)29-25(33)28-21(30)10-7-16-6-9-19(32-16)15-5-4-14(2)18(26)12-15/h4-7,9-10,12-13H,3,8,11H2,1-2H3,(H2,27,31)(H2,28,29,30,33)/b10-7+/t13-/m1/s1. The number of benzene rings is 1. The molecule has 9 heteroatoms. The summed E-state index contributed by atoms with van der Waals surface area (Å²) < 4.78 is 5.79. The lowest BCUT2D eigenvalue weighted by Gasteiger charge is -2.18. The van der Waals surface area contributed by atoms with E-state index in [0.29, 0.717) is 33.0 Å². The number of hydrogen-bond donors (Lipinski definition) is 3. The molecule has 0 unspecified atom stereocenters. The minimum absolute atomic E-state index is 0.0956. The topological polar surface area (TPSA) is 97.4 Å². The number of amides is 2.